The Labute approximate surface area is 113 Å². The minimum atomic E-state index is -0.00174. The van der Waals surface area contributed by atoms with E-state index in [1.54, 1.807) is 19.0 Å². The monoisotopic (exact) mass is 341 g/mol. The van der Waals surface area contributed by atoms with Gasteiger partial charge in [-0.2, -0.15) is 5.10 Å². The first-order chi connectivity index (χ1) is 8.00. The number of carbonyl (C=O) groups is 1. The number of nitrogens with zero attached hydrogens (tertiary/aromatic N) is 3. The van der Waals surface area contributed by atoms with Crippen molar-refractivity contribution in [1.29, 1.82) is 0 Å². The fourth-order valence-electron chi connectivity index (χ4n) is 1.64. The Morgan fingerprint density at radius 2 is 1.94 bits per heavy atom. The van der Waals surface area contributed by atoms with Crippen molar-refractivity contribution in [2.24, 2.45) is 0 Å². The molecule has 0 saturated carbocycles. The highest BCUT2D eigenvalue weighted by atomic mass is 127. The van der Waals surface area contributed by atoms with Crippen LogP contribution >= 0.6 is 22.6 Å². The van der Waals surface area contributed by atoms with Gasteiger partial charge in [-0.25, -0.2) is 0 Å². The predicted octanol–water partition coefficient (Wildman–Crippen LogP) is 2.24. The van der Waals surface area contributed by atoms with Crippen molar-refractivity contribution in [2.45, 2.75) is 6.92 Å². The van der Waals surface area contributed by atoms with Gasteiger partial charge in [0.25, 0.3) is 5.91 Å². The third-order valence-corrected chi connectivity index (χ3v) is 3.37. The van der Waals surface area contributed by atoms with Crippen LogP contribution in [0.4, 0.5) is 0 Å². The highest BCUT2D eigenvalue weighted by molar-refractivity contribution is 14.1. The highest BCUT2D eigenvalue weighted by Crippen LogP contribution is 2.22. The van der Waals surface area contributed by atoms with Gasteiger partial charge in [0.05, 0.1) is 5.69 Å². The number of amides is 1. The van der Waals surface area contributed by atoms with Crippen LogP contribution < -0.4 is 0 Å². The molecule has 4 nitrogen and oxygen atoms in total. The number of benzene rings is 1. The molecule has 5 heteroatoms. The topological polar surface area (TPSA) is 46.1 Å². The third-order valence-electron chi connectivity index (χ3n) is 2.57. The molecule has 0 atom stereocenters. The van der Waals surface area contributed by atoms with E-state index in [-0.39, 0.29) is 5.91 Å². The Hall–Kier alpha value is -1.24. The van der Waals surface area contributed by atoms with Crippen molar-refractivity contribution in [2.75, 3.05) is 14.1 Å². The standard InChI is InChI=1S/C12H12IN3O/c1-7-10-6-8(12(17)16(2)3)4-5-9(10)11(13)15-14-7/h4-6H,1-3H3. The van der Waals surface area contributed by atoms with Gasteiger partial charge in [0.2, 0.25) is 0 Å². The van der Waals surface area contributed by atoms with Gasteiger partial charge in [0.1, 0.15) is 3.70 Å². The van der Waals surface area contributed by atoms with Crippen molar-refractivity contribution in [3.63, 3.8) is 0 Å². The van der Waals surface area contributed by atoms with E-state index in [1.807, 2.05) is 25.1 Å². The zero-order valence-corrected chi connectivity index (χ0v) is 12.0. The molecule has 2 rings (SSSR count). The number of halogens is 1. The van der Waals surface area contributed by atoms with Crippen LogP contribution in [-0.2, 0) is 0 Å². The lowest BCUT2D eigenvalue weighted by Gasteiger charge is -2.11. The summed E-state index contributed by atoms with van der Waals surface area (Å²) in [4.78, 5) is 13.4. The van der Waals surface area contributed by atoms with Crippen LogP contribution in [0.3, 0.4) is 0 Å². The third kappa shape index (κ3) is 2.24. The number of hydrogen-bond acceptors (Lipinski definition) is 3. The number of aromatic nitrogens is 2. The normalized spacial score (nSPS) is 10.6. The summed E-state index contributed by atoms with van der Waals surface area (Å²) in [7, 11) is 3.49. The van der Waals surface area contributed by atoms with Crippen LogP contribution in [0.1, 0.15) is 16.1 Å². The number of hydrogen-bond donors (Lipinski definition) is 0. The van der Waals surface area contributed by atoms with Crippen LogP contribution in [0.5, 0.6) is 0 Å². The van der Waals surface area contributed by atoms with Crippen molar-refractivity contribution in [3.05, 3.63) is 33.2 Å². The summed E-state index contributed by atoms with van der Waals surface area (Å²) in [5.74, 6) is -0.00174. The molecule has 88 valence electrons. The van der Waals surface area contributed by atoms with Crippen molar-refractivity contribution in [3.8, 4) is 0 Å². The van der Waals surface area contributed by atoms with Crippen LogP contribution in [0.25, 0.3) is 10.8 Å². The zero-order valence-electron chi connectivity index (χ0n) is 9.86. The first-order valence-corrected chi connectivity index (χ1v) is 6.23. The summed E-state index contributed by atoms with van der Waals surface area (Å²) >= 11 is 2.15. The molecule has 17 heavy (non-hydrogen) atoms. The lowest BCUT2D eigenvalue weighted by molar-refractivity contribution is 0.0828. The molecule has 0 unspecified atom stereocenters. The Morgan fingerprint density at radius 3 is 2.59 bits per heavy atom. The van der Waals surface area contributed by atoms with Crippen LogP contribution in [-0.4, -0.2) is 35.1 Å². The quantitative estimate of drug-likeness (QED) is 0.748. The molecule has 0 aliphatic rings. The van der Waals surface area contributed by atoms with Gasteiger partial charge in [-0.3, -0.25) is 4.79 Å². The molecule has 0 spiro atoms. The second kappa shape index (κ2) is 4.56. The summed E-state index contributed by atoms with van der Waals surface area (Å²) in [5, 5.41) is 10.1. The molecular weight excluding hydrogens is 329 g/mol. The van der Waals surface area contributed by atoms with Gasteiger partial charge in [-0.15, -0.1) is 5.10 Å². The Morgan fingerprint density at radius 1 is 1.24 bits per heavy atom. The molecular formula is C12H12IN3O. The Kier molecular flexibility index (Phi) is 3.28. The fraction of sp³-hybridized carbons (Fsp3) is 0.250. The average Bonchev–Trinajstić information content (AvgIpc) is 2.32. The van der Waals surface area contributed by atoms with E-state index in [9.17, 15) is 4.79 Å². The summed E-state index contributed by atoms with van der Waals surface area (Å²) < 4.78 is 0.854. The highest BCUT2D eigenvalue weighted by Gasteiger charge is 2.11. The predicted molar refractivity (Wildman–Crippen MR) is 75.0 cm³/mol. The summed E-state index contributed by atoms with van der Waals surface area (Å²) in [6.07, 6.45) is 0. The van der Waals surface area contributed by atoms with Crippen LogP contribution in [0, 0.1) is 10.6 Å². The van der Waals surface area contributed by atoms with E-state index in [4.69, 9.17) is 0 Å². The number of carbonyl (C=O) groups excluding carboxylic acids is 1. The maximum absolute atomic E-state index is 11.9. The first kappa shape index (κ1) is 12.2. The van der Waals surface area contributed by atoms with E-state index >= 15 is 0 Å². The van der Waals surface area contributed by atoms with E-state index < -0.39 is 0 Å². The van der Waals surface area contributed by atoms with Crippen LogP contribution in [0.15, 0.2) is 18.2 Å². The molecule has 0 aliphatic heterocycles. The van der Waals surface area contributed by atoms with E-state index in [1.165, 1.54) is 0 Å². The minimum absolute atomic E-state index is 0.00174. The Bertz CT molecular complexity index is 596. The van der Waals surface area contributed by atoms with Crippen molar-refractivity contribution < 1.29 is 4.79 Å². The molecule has 0 radical (unpaired) electrons. The van der Waals surface area contributed by atoms with Crippen LogP contribution in [0.2, 0.25) is 0 Å². The Balaban J connectivity index is 2.66. The second-order valence-corrected chi connectivity index (χ2v) is 5.06. The summed E-state index contributed by atoms with van der Waals surface area (Å²) in [6, 6.07) is 5.63. The summed E-state index contributed by atoms with van der Waals surface area (Å²) in [5.41, 5.74) is 1.52. The molecule has 0 saturated heterocycles. The molecule has 1 aromatic heterocycles. The molecule has 2 aromatic rings. The van der Waals surface area contributed by atoms with Gasteiger partial charge in [0.15, 0.2) is 0 Å². The van der Waals surface area contributed by atoms with E-state index in [2.05, 4.69) is 32.8 Å². The minimum Gasteiger partial charge on any atom is -0.345 e. The van der Waals surface area contributed by atoms with Gasteiger partial charge < -0.3 is 4.90 Å². The second-order valence-electron chi connectivity index (χ2n) is 4.04. The lowest BCUT2D eigenvalue weighted by Crippen LogP contribution is -2.21. The van der Waals surface area contributed by atoms with Gasteiger partial charge >= 0.3 is 0 Å². The van der Waals surface area contributed by atoms with Crippen molar-refractivity contribution in [1.82, 2.24) is 15.1 Å². The first-order valence-electron chi connectivity index (χ1n) is 5.15. The molecule has 0 fully saturated rings. The largest absolute Gasteiger partial charge is 0.345 e. The number of aryl methyl sites for hydroxylation is 1. The fourth-order valence-corrected chi connectivity index (χ4v) is 2.22. The smallest absolute Gasteiger partial charge is 0.253 e. The maximum atomic E-state index is 11.9. The van der Waals surface area contributed by atoms with Gasteiger partial charge in [0, 0.05) is 30.4 Å². The summed E-state index contributed by atoms with van der Waals surface area (Å²) in [6.45, 7) is 1.90. The average molecular weight is 341 g/mol. The lowest BCUT2D eigenvalue weighted by atomic mass is 10.1. The zero-order chi connectivity index (χ0) is 12.6. The number of rotatable bonds is 1. The SMILES string of the molecule is Cc1nnc(I)c2ccc(C(=O)N(C)C)cc12. The number of fused-ring (bicyclic) bond motifs is 1. The molecule has 1 aromatic carbocycles. The molecule has 1 heterocycles. The molecule has 0 N–H and O–H groups in total. The molecule has 0 bridgehead atoms. The van der Waals surface area contributed by atoms with Gasteiger partial charge in [-0.05, 0) is 41.6 Å². The van der Waals surface area contributed by atoms with Gasteiger partial charge in [-0.1, -0.05) is 6.07 Å². The van der Waals surface area contributed by atoms with E-state index in [0.29, 0.717) is 5.56 Å². The van der Waals surface area contributed by atoms with Crippen molar-refractivity contribution >= 4 is 39.3 Å². The maximum Gasteiger partial charge on any atom is 0.253 e. The molecule has 1 amide bonds. The molecule has 0 aliphatic carbocycles. The van der Waals surface area contributed by atoms with E-state index in [0.717, 1.165) is 20.2 Å².